The van der Waals surface area contributed by atoms with Crippen molar-refractivity contribution in [3.8, 4) is 11.5 Å². The van der Waals surface area contributed by atoms with Crippen LogP contribution in [0, 0.1) is 0 Å². The molecule has 9 nitrogen and oxygen atoms in total. The number of nitrogens with zero attached hydrogens (tertiary/aromatic N) is 3. The standard InChI is InChI=1S/C24H24N4O5S/c29-24(19-13-20(15-25-14-19)26-34(30,31)21-4-2-1-3-5-21)28-10-8-27(9-11-28)16-18-6-7-22-23(12-18)33-17-32-22/h1-7,12-15,26H,8-11,16-17H2. The van der Waals surface area contributed by atoms with E-state index in [2.05, 4.69) is 14.6 Å². The van der Waals surface area contributed by atoms with Crippen molar-refractivity contribution in [1.29, 1.82) is 0 Å². The molecule has 1 aromatic heterocycles. The average molecular weight is 481 g/mol. The minimum Gasteiger partial charge on any atom is -0.454 e. The zero-order valence-corrected chi connectivity index (χ0v) is 19.2. The smallest absolute Gasteiger partial charge is 0.261 e. The summed E-state index contributed by atoms with van der Waals surface area (Å²) in [5, 5.41) is 0. The highest BCUT2D eigenvalue weighted by molar-refractivity contribution is 7.92. The molecule has 1 amide bonds. The number of hydrogen-bond acceptors (Lipinski definition) is 7. The molecule has 0 saturated carbocycles. The molecule has 0 unspecified atom stereocenters. The quantitative estimate of drug-likeness (QED) is 0.579. The largest absolute Gasteiger partial charge is 0.454 e. The molecule has 1 fully saturated rings. The van der Waals surface area contributed by atoms with E-state index >= 15 is 0 Å². The van der Waals surface area contributed by atoms with Crippen LogP contribution in [-0.4, -0.2) is 62.1 Å². The van der Waals surface area contributed by atoms with Crippen LogP contribution in [0.5, 0.6) is 11.5 Å². The van der Waals surface area contributed by atoms with Crippen molar-refractivity contribution in [2.75, 3.05) is 37.7 Å². The van der Waals surface area contributed by atoms with Crippen molar-refractivity contribution in [3.05, 3.63) is 78.1 Å². The van der Waals surface area contributed by atoms with Crippen LogP contribution < -0.4 is 14.2 Å². The Morgan fingerprint density at radius 3 is 2.50 bits per heavy atom. The second-order valence-electron chi connectivity index (χ2n) is 8.14. The summed E-state index contributed by atoms with van der Waals surface area (Å²) >= 11 is 0. The molecule has 34 heavy (non-hydrogen) atoms. The van der Waals surface area contributed by atoms with Gasteiger partial charge in [0.2, 0.25) is 6.79 Å². The fourth-order valence-corrected chi connectivity index (χ4v) is 5.07. The molecule has 2 aliphatic rings. The summed E-state index contributed by atoms with van der Waals surface area (Å²) in [5.41, 5.74) is 1.72. The summed E-state index contributed by atoms with van der Waals surface area (Å²) < 4.78 is 38.5. The van der Waals surface area contributed by atoms with Crippen molar-refractivity contribution in [3.63, 3.8) is 0 Å². The summed E-state index contributed by atoms with van der Waals surface area (Å²) in [5.74, 6) is 1.36. The highest BCUT2D eigenvalue weighted by Gasteiger charge is 2.24. The van der Waals surface area contributed by atoms with E-state index in [0.29, 0.717) is 18.7 Å². The minimum atomic E-state index is -3.76. The predicted molar refractivity (Wildman–Crippen MR) is 125 cm³/mol. The van der Waals surface area contributed by atoms with E-state index in [-0.39, 0.29) is 23.3 Å². The molecule has 0 aliphatic carbocycles. The van der Waals surface area contributed by atoms with Crippen molar-refractivity contribution >= 4 is 21.6 Å². The lowest BCUT2D eigenvalue weighted by Crippen LogP contribution is -2.48. The number of nitrogens with one attached hydrogen (secondary N) is 1. The summed E-state index contributed by atoms with van der Waals surface area (Å²) in [4.78, 5) is 21.3. The molecule has 0 radical (unpaired) electrons. The Kier molecular flexibility index (Phi) is 6.08. The number of sulfonamides is 1. The van der Waals surface area contributed by atoms with E-state index < -0.39 is 10.0 Å². The molecule has 2 aromatic carbocycles. The Morgan fingerprint density at radius 1 is 0.941 bits per heavy atom. The highest BCUT2D eigenvalue weighted by atomic mass is 32.2. The Hall–Kier alpha value is -3.63. The maximum Gasteiger partial charge on any atom is 0.261 e. The van der Waals surface area contributed by atoms with Gasteiger partial charge in [0.1, 0.15) is 0 Å². The lowest BCUT2D eigenvalue weighted by atomic mass is 10.1. The Morgan fingerprint density at radius 2 is 1.71 bits per heavy atom. The molecule has 1 saturated heterocycles. The maximum atomic E-state index is 13.0. The second-order valence-corrected chi connectivity index (χ2v) is 9.82. The number of carbonyl (C=O) groups is 1. The van der Waals surface area contributed by atoms with Gasteiger partial charge >= 0.3 is 0 Å². The summed E-state index contributed by atoms with van der Waals surface area (Å²) in [6.07, 6.45) is 2.85. The molecule has 10 heteroatoms. The molecule has 5 rings (SSSR count). The zero-order chi connectivity index (χ0) is 23.5. The first kappa shape index (κ1) is 22.2. The van der Waals surface area contributed by atoms with E-state index in [0.717, 1.165) is 36.7 Å². The van der Waals surface area contributed by atoms with Gasteiger partial charge in [0.05, 0.1) is 22.3 Å². The number of rotatable bonds is 6. The summed E-state index contributed by atoms with van der Waals surface area (Å²) in [6, 6.07) is 15.5. The topological polar surface area (TPSA) is 101 Å². The third kappa shape index (κ3) is 4.82. The molecule has 0 atom stereocenters. The number of pyridine rings is 1. The number of benzene rings is 2. The molecule has 176 valence electrons. The molecule has 3 heterocycles. The van der Waals surface area contributed by atoms with Crippen LogP contribution in [0.2, 0.25) is 0 Å². The van der Waals surface area contributed by atoms with Crippen LogP contribution in [-0.2, 0) is 16.6 Å². The number of hydrogen-bond donors (Lipinski definition) is 1. The first-order valence-corrected chi connectivity index (χ1v) is 12.4. The zero-order valence-electron chi connectivity index (χ0n) is 18.4. The highest BCUT2D eigenvalue weighted by Crippen LogP contribution is 2.32. The number of aromatic nitrogens is 1. The van der Waals surface area contributed by atoms with Crippen molar-refractivity contribution in [1.82, 2.24) is 14.8 Å². The van der Waals surface area contributed by atoms with Crippen LogP contribution in [0.25, 0.3) is 0 Å². The van der Waals surface area contributed by atoms with Gasteiger partial charge in [-0.2, -0.15) is 0 Å². The lowest BCUT2D eigenvalue weighted by Gasteiger charge is -2.34. The molecule has 2 aliphatic heterocycles. The molecule has 1 N–H and O–H groups in total. The Balaban J connectivity index is 1.19. The normalized spacial score (nSPS) is 15.8. The van der Waals surface area contributed by atoms with Gasteiger partial charge in [0, 0.05) is 38.9 Å². The van der Waals surface area contributed by atoms with Gasteiger partial charge in [-0.05, 0) is 35.9 Å². The summed E-state index contributed by atoms with van der Waals surface area (Å²) in [6.45, 7) is 3.62. The fraction of sp³-hybridized carbons (Fsp3) is 0.250. The van der Waals surface area contributed by atoms with Gasteiger partial charge in [0.25, 0.3) is 15.9 Å². The van der Waals surface area contributed by atoms with E-state index in [1.807, 2.05) is 18.2 Å². The molecule has 0 spiro atoms. The van der Waals surface area contributed by atoms with Crippen molar-refractivity contribution in [2.24, 2.45) is 0 Å². The van der Waals surface area contributed by atoms with Gasteiger partial charge in [-0.3, -0.25) is 19.4 Å². The third-order valence-electron chi connectivity index (χ3n) is 5.79. The SMILES string of the molecule is O=C(c1cncc(NS(=O)(=O)c2ccccc2)c1)N1CCN(Cc2ccc3c(c2)OCO3)CC1. The van der Waals surface area contributed by atoms with Crippen molar-refractivity contribution < 1.29 is 22.7 Å². The number of piperazine rings is 1. The molecule has 0 bridgehead atoms. The predicted octanol–water partition coefficient (Wildman–Crippen LogP) is 2.57. The van der Waals surface area contributed by atoms with E-state index in [9.17, 15) is 13.2 Å². The van der Waals surface area contributed by atoms with Crippen LogP contribution in [0.3, 0.4) is 0 Å². The van der Waals surface area contributed by atoms with Gasteiger partial charge in [-0.15, -0.1) is 0 Å². The van der Waals surface area contributed by atoms with Crippen molar-refractivity contribution in [2.45, 2.75) is 11.4 Å². The molecular formula is C24H24N4O5S. The van der Waals surface area contributed by atoms with Gasteiger partial charge < -0.3 is 14.4 Å². The Labute approximate surface area is 198 Å². The number of amides is 1. The monoisotopic (exact) mass is 480 g/mol. The van der Waals surface area contributed by atoms with Crippen LogP contribution in [0.4, 0.5) is 5.69 Å². The first-order chi connectivity index (χ1) is 16.5. The second kappa shape index (κ2) is 9.32. The van der Waals surface area contributed by atoms with Gasteiger partial charge in [-0.25, -0.2) is 8.42 Å². The van der Waals surface area contributed by atoms with Gasteiger partial charge in [0.15, 0.2) is 11.5 Å². The average Bonchev–Trinajstić information content (AvgIpc) is 3.33. The number of carbonyl (C=O) groups excluding carboxylic acids is 1. The maximum absolute atomic E-state index is 13.0. The van der Waals surface area contributed by atoms with E-state index in [1.165, 1.54) is 30.6 Å². The Bertz CT molecular complexity index is 1290. The fourth-order valence-electron chi connectivity index (χ4n) is 4.02. The minimum absolute atomic E-state index is 0.144. The third-order valence-corrected chi connectivity index (χ3v) is 7.19. The van der Waals surface area contributed by atoms with Gasteiger partial charge in [-0.1, -0.05) is 24.3 Å². The van der Waals surface area contributed by atoms with E-state index in [1.54, 1.807) is 23.1 Å². The number of fused-ring (bicyclic) bond motifs is 1. The van der Waals surface area contributed by atoms with Crippen LogP contribution >= 0.6 is 0 Å². The lowest BCUT2D eigenvalue weighted by molar-refractivity contribution is 0.0628. The number of anilines is 1. The van der Waals surface area contributed by atoms with E-state index in [4.69, 9.17) is 9.47 Å². The van der Waals surface area contributed by atoms with Crippen LogP contribution in [0.1, 0.15) is 15.9 Å². The first-order valence-electron chi connectivity index (χ1n) is 10.9. The van der Waals surface area contributed by atoms with Crippen LogP contribution in [0.15, 0.2) is 71.9 Å². The molecule has 3 aromatic rings. The number of ether oxygens (including phenoxy) is 2. The molecular weight excluding hydrogens is 456 g/mol. The summed E-state index contributed by atoms with van der Waals surface area (Å²) in [7, 11) is -3.76.